The molecule has 1 N–H and O–H groups in total. The van der Waals surface area contributed by atoms with E-state index in [9.17, 15) is 0 Å². The van der Waals surface area contributed by atoms with Gasteiger partial charge in [-0.1, -0.05) is 0 Å². The predicted molar refractivity (Wildman–Crippen MR) is 47.4 cm³/mol. The van der Waals surface area contributed by atoms with Gasteiger partial charge >= 0.3 is 80.9 Å². The van der Waals surface area contributed by atoms with E-state index in [0.29, 0.717) is 6.04 Å². The first-order chi connectivity index (χ1) is 5.20. The van der Waals surface area contributed by atoms with Gasteiger partial charge in [0.2, 0.25) is 0 Å². The van der Waals surface area contributed by atoms with Crippen molar-refractivity contribution in [1.29, 1.82) is 0 Å². The van der Waals surface area contributed by atoms with Crippen molar-refractivity contribution < 1.29 is 21.2 Å². The number of rotatable bonds is 6. The van der Waals surface area contributed by atoms with Crippen LogP contribution in [0.15, 0.2) is 10.2 Å². The van der Waals surface area contributed by atoms with Gasteiger partial charge in [0.1, 0.15) is 0 Å². The van der Waals surface area contributed by atoms with Crippen molar-refractivity contribution >= 4 is 0 Å². The zero-order chi connectivity index (χ0) is 8.69. The minimum absolute atomic E-state index is 0.271. The number of halogens is 1. The summed E-state index contributed by atoms with van der Waals surface area (Å²) in [6.45, 7) is 11.7. The van der Waals surface area contributed by atoms with Gasteiger partial charge in [-0.25, -0.2) is 0 Å². The third-order valence-electron chi connectivity index (χ3n) is 1.58. The van der Waals surface area contributed by atoms with E-state index < -0.39 is 0 Å². The van der Waals surface area contributed by atoms with E-state index >= 15 is 0 Å². The average Bonchev–Trinajstić information content (AvgIpc) is 2.01. The van der Waals surface area contributed by atoms with Gasteiger partial charge in [-0.3, -0.25) is 0 Å². The Morgan fingerprint density at radius 1 is 1.55 bits per heavy atom. The van der Waals surface area contributed by atoms with Crippen molar-refractivity contribution in [3.05, 3.63) is 10.2 Å². The molecule has 0 rings (SSSR count). The minimum atomic E-state index is 0.271. The summed E-state index contributed by atoms with van der Waals surface area (Å²) in [5.74, 6) is 0. The molecule has 11 heavy (non-hydrogen) atoms. The van der Waals surface area contributed by atoms with Gasteiger partial charge in [-0.2, -0.15) is 0 Å². The molecule has 0 aromatic heterocycles. The molecular formula is C9H19IN-. The second-order valence-corrected chi connectivity index (χ2v) is 6.42. The van der Waals surface area contributed by atoms with Crippen molar-refractivity contribution in [2.75, 3.05) is 11.0 Å². The molecule has 0 aromatic rings. The summed E-state index contributed by atoms with van der Waals surface area (Å²) < 4.78 is 2.76. The van der Waals surface area contributed by atoms with Crippen molar-refractivity contribution in [3.63, 3.8) is 0 Å². The van der Waals surface area contributed by atoms with Crippen molar-refractivity contribution in [3.8, 4) is 0 Å². The van der Waals surface area contributed by atoms with E-state index in [1.54, 1.807) is 0 Å². The van der Waals surface area contributed by atoms with E-state index in [4.69, 9.17) is 0 Å². The monoisotopic (exact) mass is 268 g/mol. The van der Waals surface area contributed by atoms with E-state index in [2.05, 4.69) is 32.7 Å². The van der Waals surface area contributed by atoms with E-state index in [0.717, 1.165) is 6.54 Å². The molecule has 1 nitrogen and oxygen atoms in total. The topological polar surface area (TPSA) is 12.0 Å². The molecule has 0 bridgehead atoms. The van der Waals surface area contributed by atoms with Crippen LogP contribution < -0.4 is 26.5 Å². The summed E-state index contributed by atoms with van der Waals surface area (Å²) in [5.41, 5.74) is 0. The summed E-state index contributed by atoms with van der Waals surface area (Å²) in [6, 6.07) is 0.646. The Balaban J connectivity index is 3.30. The zero-order valence-electron chi connectivity index (χ0n) is 7.78. The summed E-state index contributed by atoms with van der Waals surface area (Å²) in [5, 5.41) is 3.44. The number of hydrogen-bond acceptors (Lipinski definition) is 1. The molecule has 0 fully saturated rings. The van der Waals surface area contributed by atoms with Crippen LogP contribution in [0.25, 0.3) is 0 Å². The normalized spacial score (nSPS) is 13.4. The Bertz CT molecular complexity index is 112. The first kappa shape index (κ1) is 11.4. The van der Waals surface area contributed by atoms with E-state index in [1.165, 1.54) is 14.4 Å². The van der Waals surface area contributed by atoms with Gasteiger partial charge in [-0.15, -0.1) is 0 Å². The number of alkyl halides is 1. The number of hydrogen-bond donors (Lipinski definition) is 1. The molecule has 68 valence electrons. The van der Waals surface area contributed by atoms with Crippen LogP contribution in [-0.2, 0) is 0 Å². The third kappa shape index (κ3) is 6.81. The van der Waals surface area contributed by atoms with Crippen LogP contribution in [0, 0.1) is 0 Å². The second kappa shape index (κ2) is 7.10. The summed E-state index contributed by atoms with van der Waals surface area (Å²) >= 11 is 0.271. The van der Waals surface area contributed by atoms with Crippen molar-refractivity contribution in [2.45, 2.75) is 33.2 Å². The molecule has 1 atom stereocenters. The Hall–Kier alpha value is 0.430. The molecule has 0 aliphatic carbocycles. The van der Waals surface area contributed by atoms with Crippen LogP contribution in [0.3, 0.4) is 0 Å². The fourth-order valence-corrected chi connectivity index (χ4v) is 2.23. The Kier molecular flexibility index (Phi) is 7.38. The van der Waals surface area contributed by atoms with Crippen LogP contribution >= 0.6 is 0 Å². The predicted octanol–water partition coefficient (Wildman–Crippen LogP) is -1.00. The quantitative estimate of drug-likeness (QED) is 0.481. The van der Waals surface area contributed by atoms with Crippen LogP contribution in [0.4, 0.5) is 0 Å². The maximum atomic E-state index is 4.04. The summed E-state index contributed by atoms with van der Waals surface area (Å²) in [4.78, 5) is 0. The van der Waals surface area contributed by atoms with Gasteiger partial charge in [0, 0.05) is 0 Å². The van der Waals surface area contributed by atoms with Crippen molar-refractivity contribution in [1.82, 2.24) is 5.32 Å². The molecule has 0 saturated heterocycles. The summed E-state index contributed by atoms with van der Waals surface area (Å²) in [7, 11) is 0. The van der Waals surface area contributed by atoms with Crippen LogP contribution in [0.5, 0.6) is 0 Å². The van der Waals surface area contributed by atoms with Crippen molar-refractivity contribution in [2.24, 2.45) is 0 Å². The first-order valence-corrected chi connectivity index (χ1v) is 6.81. The Labute approximate surface area is 80.9 Å². The molecule has 0 aliphatic heterocycles. The molecule has 0 heterocycles. The maximum absolute atomic E-state index is 4.04. The fraction of sp³-hybridized carbons (Fsp3) is 0.778. The standard InChI is InChI=1S/C9H19IN/c1-5-9(4)11-7-8(3)10-6-2/h9,11H,3,5-7H2,1-2,4H3/q-1. The van der Waals surface area contributed by atoms with E-state index in [1.807, 2.05) is 0 Å². The molecule has 1 unspecified atom stereocenters. The molecule has 0 aliphatic rings. The zero-order valence-corrected chi connectivity index (χ0v) is 9.94. The second-order valence-electron chi connectivity index (χ2n) is 2.61. The number of nitrogens with one attached hydrogen (secondary N) is 1. The molecular weight excluding hydrogens is 249 g/mol. The molecule has 0 aromatic carbocycles. The van der Waals surface area contributed by atoms with Gasteiger partial charge < -0.3 is 0 Å². The Morgan fingerprint density at radius 2 is 2.18 bits per heavy atom. The van der Waals surface area contributed by atoms with Gasteiger partial charge in [0.15, 0.2) is 0 Å². The first-order valence-electron chi connectivity index (χ1n) is 4.21. The van der Waals surface area contributed by atoms with Gasteiger partial charge in [0.05, 0.1) is 0 Å². The van der Waals surface area contributed by atoms with Gasteiger partial charge in [0.25, 0.3) is 0 Å². The summed E-state index contributed by atoms with van der Waals surface area (Å²) in [6.07, 6.45) is 1.21. The molecule has 0 amide bonds. The van der Waals surface area contributed by atoms with Crippen LogP contribution in [0.1, 0.15) is 27.2 Å². The van der Waals surface area contributed by atoms with Crippen LogP contribution in [0.2, 0.25) is 0 Å². The van der Waals surface area contributed by atoms with Crippen LogP contribution in [-0.4, -0.2) is 17.0 Å². The van der Waals surface area contributed by atoms with E-state index in [-0.39, 0.29) is 21.2 Å². The average molecular weight is 268 g/mol. The molecule has 0 radical (unpaired) electrons. The molecule has 0 spiro atoms. The SMILES string of the molecule is C=C(CNC(C)CC)[I-]CC. The fourth-order valence-electron chi connectivity index (χ4n) is 0.666. The van der Waals surface area contributed by atoms with Gasteiger partial charge in [-0.05, 0) is 0 Å². The third-order valence-corrected chi connectivity index (χ3v) is 3.80. The Morgan fingerprint density at radius 3 is 2.64 bits per heavy atom. The molecule has 2 heteroatoms. The molecule has 0 saturated carbocycles.